The Morgan fingerprint density at radius 2 is 2.00 bits per heavy atom. The number of hydrogen-bond donors (Lipinski definition) is 0. The summed E-state index contributed by atoms with van der Waals surface area (Å²) in [5.74, 6) is 1.31. The lowest BCUT2D eigenvalue weighted by molar-refractivity contribution is -0.0150. The molecule has 0 aliphatic carbocycles. The molecule has 0 saturated carbocycles. The van der Waals surface area contributed by atoms with Crippen molar-refractivity contribution in [3.8, 4) is 0 Å². The zero-order valence-corrected chi connectivity index (χ0v) is 12.9. The highest BCUT2D eigenvalue weighted by Crippen LogP contribution is 2.42. The van der Waals surface area contributed by atoms with E-state index in [4.69, 9.17) is 4.74 Å². The van der Waals surface area contributed by atoms with Crippen molar-refractivity contribution >= 4 is 5.95 Å². The molecule has 0 N–H and O–H groups in total. The van der Waals surface area contributed by atoms with Gasteiger partial charge < -0.3 is 9.64 Å². The van der Waals surface area contributed by atoms with Gasteiger partial charge in [-0.05, 0) is 30.9 Å². The summed E-state index contributed by atoms with van der Waals surface area (Å²) in [5, 5.41) is 4.28. The minimum Gasteiger partial charge on any atom is -0.374 e. The van der Waals surface area contributed by atoms with Crippen molar-refractivity contribution in [3.63, 3.8) is 0 Å². The highest BCUT2D eigenvalue weighted by molar-refractivity contribution is 5.30. The van der Waals surface area contributed by atoms with Crippen LogP contribution in [-0.4, -0.2) is 45.0 Å². The second-order valence-corrected chi connectivity index (χ2v) is 6.38. The molecule has 0 radical (unpaired) electrons. The number of hydrogen-bond acceptors (Lipinski definition) is 5. The number of nitrogens with zero attached hydrogens (tertiary/aromatic N) is 5. The lowest BCUT2D eigenvalue weighted by Gasteiger charge is -2.38. The summed E-state index contributed by atoms with van der Waals surface area (Å²) >= 11 is 0. The molecule has 0 aromatic carbocycles. The SMILES string of the molecule is Cn1cc(C2COC3(CCN(c4ncccn4)CC3)C2)cn1. The van der Waals surface area contributed by atoms with Crippen LogP contribution in [0.2, 0.25) is 0 Å². The highest BCUT2D eigenvalue weighted by Gasteiger charge is 2.43. The summed E-state index contributed by atoms with van der Waals surface area (Å²) in [7, 11) is 1.97. The number of aryl methyl sites for hydroxylation is 1. The summed E-state index contributed by atoms with van der Waals surface area (Å²) in [4.78, 5) is 10.9. The molecule has 0 amide bonds. The third-order valence-corrected chi connectivity index (χ3v) is 4.92. The molecule has 1 atom stereocenters. The maximum atomic E-state index is 6.24. The van der Waals surface area contributed by atoms with Gasteiger partial charge in [0.1, 0.15) is 0 Å². The Bertz CT molecular complexity index is 633. The van der Waals surface area contributed by atoms with E-state index in [2.05, 4.69) is 26.2 Å². The second-order valence-electron chi connectivity index (χ2n) is 6.38. The molecule has 6 heteroatoms. The van der Waals surface area contributed by atoms with Crippen LogP contribution in [0.4, 0.5) is 5.95 Å². The van der Waals surface area contributed by atoms with E-state index in [0.29, 0.717) is 5.92 Å². The van der Waals surface area contributed by atoms with Crippen LogP contribution in [0.15, 0.2) is 30.9 Å². The fraction of sp³-hybridized carbons (Fsp3) is 0.562. The Kier molecular flexibility index (Phi) is 3.33. The van der Waals surface area contributed by atoms with E-state index >= 15 is 0 Å². The van der Waals surface area contributed by atoms with E-state index in [-0.39, 0.29) is 5.60 Å². The third kappa shape index (κ3) is 2.47. The maximum Gasteiger partial charge on any atom is 0.225 e. The van der Waals surface area contributed by atoms with Gasteiger partial charge in [0.25, 0.3) is 0 Å². The standard InChI is InChI=1S/C16H21N5O/c1-20-11-14(10-19-20)13-9-16(22-12-13)3-7-21(8-4-16)15-17-5-2-6-18-15/h2,5-6,10-11,13H,3-4,7-9,12H2,1H3. The van der Waals surface area contributed by atoms with E-state index in [9.17, 15) is 0 Å². The fourth-order valence-electron chi connectivity index (χ4n) is 3.63. The van der Waals surface area contributed by atoms with Crippen LogP contribution in [0.3, 0.4) is 0 Å². The number of piperidine rings is 1. The van der Waals surface area contributed by atoms with Crippen molar-refractivity contribution < 1.29 is 4.74 Å². The highest BCUT2D eigenvalue weighted by atomic mass is 16.5. The first-order chi connectivity index (χ1) is 10.7. The molecular weight excluding hydrogens is 278 g/mol. The van der Waals surface area contributed by atoms with Crippen LogP contribution < -0.4 is 4.90 Å². The second kappa shape index (κ2) is 5.35. The molecule has 0 bridgehead atoms. The number of ether oxygens (including phenoxy) is 1. The van der Waals surface area contributed by atoms with Crippen LogP contribution in [-0.2, 0) is 11.8 Å². The first-order valence-corrected chi connectivity index (χ1v) is 7.89. The van der Waals surface area contributed by atoms with Gasteiger partial charge >= 0.3 is 0 Å². The minimum absolute atomic E-state index is 0.0335. The summed E-state index contributed by atoms with van der Waals surface area (Å²) < 4.78 is 8.11. The molecule has 2 aromatic heterocycles. The van der Waals surface area contributed by atoms with E-state index in [1.165, 1.54) is 5.56 Å². The zero-order chi connectivity index (χ0) is 15.0. The van der Waals surface area contributed by atoms with Crippen molar-refractivity contribution in [3.05, 3.63) is 36.4 Å². The first kappa shape index (κ1) is 13.7. The molecule has 2 saturated heterocycles. The van der Waals surface area contributed by atoms with Crippen LogP contribution in [0, 0.1) is 0 Å². The summed E-state index contributed by atoms with van der Waals surface area (Å²) in [6.45, 7) is 2.74. The van der Waals surface area contributed by atoms with Crippen molar-refractivity contribution in [1.29, 1.82) is 0 Å². The topological polar surface area (TPSA) is 56.1 Å². The summed E-state index contributed by atoms with van der Waals surface area (Å²) in [6, 6.07) is 1.85. The molecule has 1 spiro atoms. The predicted molar refractivity (Wildman–Crippen MR) is 82.7 cm³/mol. The average Bonchev–Trinajstić information content (AvgIpc) is 3.16. The van der Waals surface area contributed by atoms with Crippen LogP contribution in [0.5, 0.6) is 0 Å². The fourth-order valence-corrected chi connectivity index (χ4v) is 3.63. The number of aromatic nitrogens is 4. The van der Waals surface area contributed by atoms with Crippen molar-refractivity contribution in [2.24, 2.45) is 7.05 Å². The van der Waals surface area contributed by atoms with Crippen LogP contribution >= 0.6 is 0 Å². The van der Waals surface area contributed by atoms with Gasteiger partial charge in [-0.15, -0.1) is 0 Å². The Morgan fingerprint density at radius 1 is 1.23 bits per heavy atom. The average molecular weight is 299 g/mol. The molecule has 4 rings (SSSR count). The lowest BCUT2D eigenvalue weighted by atomic mass is 9.84. The molecule has 116 valence electrons. The van der Waals surface area contributed by atoms with Crippen molar-refractivity contribution in [2.75, 3.05) is 24.6 Å². The van der Waals surface area contributed by atoms with Gasteiger partial charge in [0.05, 0.1) is 18.4 Å². The Labute approximate surface area is 130 Å². The lowest BCUT2D eigenvalue weighted by Crippen LogP contribution is -2.44. The molecule has 1 unspecified atom stereocenters. The summed E-state index contributed by atoms with van der Waals surface area (Å²) in [6.07, 6.45) is 10.9. The Hall–Kier alpha value is -1.95. The van der Waals surface area contributed by atoms with E-state index in [1.807, 2.05) is 24.0 Å². The van der Waals surface area contributed by atoms with E-state index in [1.54, 1.807) is 12.4 Å². The minimum atomic E-state index is 0.0335. The first-order valence-electron chi connectivity index (χ1n) is 7.89. The molecule has 22 heavy (non-hydrogen) atoms. The van der Waals surface area contributed by atoms with Gasteiger partial charge in [0, 0.05) is 44.6 Å². The van der Waals surface area contributed by atoms with Crippen LogP contribution in [0.1, 0.15) is 30.7 Å². The van der Waals surface area contributed by atoms with Gasteiger partial charge in [-0.2, -0.15) is 5.10 Å². The molecule has 2 fully saturated rings. The third-order valence-electron chi connectivity index (χ3n) is 4.92. The molecule has 4 heterocycles. The zero-order valence-electron chi connectivity index (χ0n) is 12.9. The molecule has 2 aliphatic rings. The molecule has 2 aromatic rings. The van der Waals surface area contributed by atoms with Gasteiger partial charge in [-0.1, -0.05) is 0 Å². The normalized spacial score (nSPS) is 24.0. The smallest absolute Gasteiger partial charge is 0.225 e. The van der Waals surface area contributed by atoms with Crippen molar-refractivity contribution in [1.82, 2.24) is 19.7 Å². The predicted octanol–water partition coefficient (Wildman–Crippen LogP) is 1.75. The Morgan fingerprint density at radius 3 is 2.68 bits per heavy atom. The maximum absolute atomic E-state index is 6.24. The molecular formula is C16H21N5O. The largest absolute Gasteiger partial charge is 0.374 e. The van der Waals surface area contributed by atoms with Gasteiger partial charge in [-0.25, -0.2) is 9.97 Å². The van der Waals surface area contributed by atoms with Gasteiger partial charge in [0.2, 0.25) is 5.95 Å². The molecule has 6 nitrogen and oxygen atoms in total. The monoisotopic (exact) mass is 299 g/mol. The van der Waals surface area contributed by atoms with Crippen LogP contribution in [0.25, 0.3) is 0 Å². The quantitative estimate of drug-likeness (QED) is 0.845. The van der Waals surface area contributed by atoms with E-state index in [0.717, 1.165) is 44.9 Å². The van der Waals surface area contributed by atoms with E-state index < -0.39 is 0 Å². The number of rotatable bonds is 2. The van der Waals surface area contributed by atoms with Crippen molar-refractivity contribution in [2.45, 2.75) is 30.8 Å². The summed E-state index contributed by atoms with van der Waals surface area (Å²) in [5.41, 5.74) is 1.33. The van der Waals surface area contributed by atoms with Gasteiger partial charge in [0.15, 0.2) is 0 Å². The Balaban J connectivity index is 1.41. The molecule has 2 aliphatic heterocycles. The van der Waals surface area contributed by atoms with Gasteiger partial charge in [-0.3, -0.25) is 4.68 Å². The number of anilines is 1.